The minimum atomic E-state index is -0.0728. The lowest BCUT2D eigenvalue weighted by Gasteiger charge is -2.31. The Labute approximate surface area is 172 Å². The number of hydrogen-bond donors (Lipinski definition) is 1. The van der Waals surface area contributed by atoms with E-state index in [9.17, 15) is 4.79 Å². The van der Waals surface area contributed by atoms with Gasteiger partial charge in [0.15, 0.2) is 0 Å². The zero-order valence-electron chi connectivity index (χ0n) is 17.6. The predicted octanol–water partition coefficient (Wildman–Crippen LogP) is 1.83. The van der Waals surface area contributed by atoms with Gasteiger partial charge in [-0.05, 0) is 51.8 Å². The molecule has 158 valence electrons. The number of nitrogens with one attached hydrogen (secondary N) is 1. The van der Waals surface area contributed by atoms with E-state index in [0.717, 1.165) is 65.1 Å². The highest BCUT2D eigenvalue weighted by molar-refractivity contribution is 5.92. The highest BCUT2D eigenvalue weighted by Crippen LogP contribution is 2.24. The Morgan fingerprint density at radius 3 is 2.79 bits per heavy atom. The molecule has 0 saturated carbocycles. The number of amides is 1. The van der Waals surface area contributed by atoms with Crippen LogP contribution in [-0.4, -0.2) is 56.6 Å². The third kappa shape index (κ3) is 4.53. The fourth-order valence-corrected chi connectivity index (χ4v) is 4.31. The summed E-state index contributed by atoms with van der Waals surface area (Å²) in [5.41, 5.74) is 4.35. The molecule has 0 spiro atoms. The van der Waals surface area contributed by atoms with Crippen LogP contribution < -0.4 is 5.32 Å². The molecule has 1 fully saturated rings. The van der Waals surface area contributed by atoms with Gasteiger partial charge in [-0.3, -0.25) is 19.1 Å². The van der Waals surface area contributed by atoms with Gasteiger partial charge >= 0.3 is 0 Å². The molecular formula is C21H32N6O2. The lowest BCUT2D eigenvalue weighted by molar-refractivity contribution is 0.0928. The van der Waals surface area contributed by atoms with E-state index in [2.05, 4.69) is 26.9 Å². The Morgan fingerprint density at radius 2 is 2.07 bits per heavy atom. The summed E-state index contributed by atoms with van der Waals surface area (Å²) in [6.45, 7) is 11.1. The summed E-state index contributed by atoms with van der Waals surface area (Å²) in [6, 6.07) is 1.78. The number of likely N-dealkylation sites (tertiary alicyclic amines) is 1. The first-order valence-corrected chi connectivity index (χ1v) is 10.9. The maximum atomic E-state index is 12.3. The van der Waals surface area contributed by atoms with E-state index in [-0.39, 0.29) is 5.91 Å². The van der Waals surface area contributed by atoms with Crippen molar-refractivity contribution < 1.29 is 9.53 Å². The fourth-order valence-electron chi connectivity index (χ4n) is 4.31. The summed E-state index contributed by atoms with van der Waals surface area (Å²) in [6.07, 6.45) is 5.00. The van der Waals surface area contributed by atoms with Crippen LogP contribution in [0.2, 0.25) is 0 Å². The lowest BCUT2D eigenvalue weighted by atomic mass is 9.96. The van der Waals surface area contributed by atoms with Crippen molar-refractivity contribution in [1.82, 2.24) is 29.8 Å². The van der Waals surface area contributed by atoms with Crippen LogP contribution in [0.5, 0.6) is 0 Å². The molecule has 4 heterocycles. The van der Waals surface area contributed by atoms with Gasteiger partial charge in [-0.15, -0.1) is 0 Å². The Bertz CT molecular complexity index is 834. The highest BCUT2D eigenvalue weighted by atomic mass is 16.5. The SMILES string of the molecule is CCn1ccc(C(=O)NCC2CCN(Cc3nn(CC)c4c3COCC4)CC2)n1. The van der Waals surface area contributed by atoms with Crippen molar-refractivity contribution in [3.8, 4) is 0 Å². The number of carbonyl (C=O) groups is 1. The molecule has 8 nitrogen and oxygen atoms in total. The van der Waals surface area contributed by atoms with Gasteiger partial charge in [0.25, 0.3) is 5.91 Å². The van der Waals surface area contributed by atoms with Gasteiger partial charge in [-0.25, -0.2) is 0 Å². The largest absolute Gasteiger partial charge is 0.376 e. The standard InChI is InChI=1S/C21H32N6O2/c1-3-26-11-7-18(23-26)21(28)22-13-16-5-9-25(10-6-16)14-19-17-15-29-12-8-20(17)27(4-2)24-19/h7,11,16H,3-6,8-10,12-15H2,1-2H3,(H,22,28). The van der Waals surface area contributed by atoms with E-state index in [1.807, 2.05) is 13.1 Å². The third-order valence-electron chi connectivity index (χ3n) is 6.11. The molecule has 1 saturated heterocycles. The maximum absolute atomic E-state index is 12.3. The maximum Gasteiger partial charge on any atom is 0.271 e. The number of fused-ring (bicyclic) bond motifs is 1. The Morgan fingerprint density at radius 1 is 1.24 bits per heavy atom. The summed E-state index contributed by atoms with van der Waals surface area (Å²) >= 11 is 0. The Kier molecular flexibility index (Phi) is 6.30. The average Bonchev–Trinajstić information content (AvgIpc) is 3.38. The monoisotopic (exact) mass is 400 g/mol. The molecule has 1 N–H and O–H groups in total. The van der Waals surface area contributed by atoms with E-state index in [1.165, 1.54) is 17.0 Å². The third-order valence-corrected chi connectivity index (χ3v) is 6.11. The molecular weight excluding hydrogens is 368 g/mol. The second kappa shape index (κ2) is 9.09. The molecule has 8 heteroatoms. The summed E-state index contributed by atoms with van der Waals surface area (Å²) in [7, 11) is 0. The van der Waals surface area contributed by atoms with Crippen molar-refractivity contribution in [2.75, 3.05) is 26.2 Å². The molecule has 1 amide bonds. The van der Waals surface area contributed by atoms with Crippen LogP contribution in [0.4, 0.5) is 0 Å². The van der Waals surface area contributed by atoms with Crippen LogP contribution in [0.3, 0.4) is 0 Å². The van der Waals surface area contributed by atoms with Gasteiger partial charge in [0, 0.05) is 50.1 Å². The van der Waals surface area contributed by atoms with Crippen LogP contribution >= 0.6 is 0 Å². The molecule has 4 rings (SSSR count). The summed E-state index contributed by atoms with van der Waals surface area (Å²) in [5.74, 6) is 0.449. The second-order valence-corrected chi connectivity index (χ2v) is 7.98. The van der Waals surface area contributed by atoms with Gasteiger partial charge in [0.05, 0.1) is 18.9 Å². The first-order valence-electron chi connectivity index (χ1n) is 10.9. The minimum absolute atomic E-state index is 0.0728. The predicted molar refractivity (Wildman–Crippen MR) is 109 cm³/mol. The molecule has 2 aromatic rings. The molecule has 0 bridgehead atoms. The van der Waals surface area contributed by atoms with E-state index in [4.69, 9.17) is 9.84 Å². The molecule has 0 unspecified atom stereocenters. The van der Waals surface area contributed by atoms with Gasteiger partial charge in [-0.2, -0.15) is 10.2 Å². The number of rotatable bonds is 7. The van der Waals surface area contributed by atoms with Crippen LogP contribution in [0, 0.1) is 5.92 Å². The van der Waals surface area contributed by atoms with Crippen molar-refractivity contribution in [1.29, 1.82) is 0 Å². The average molecular weight is 401 g/mol. The van der Waals surface area contributed by atoms with Crippen molar-refractivity contribution in [2.45, 2.75) is 59.4 Å². The highest BCUT2D eigenvalue weighted by Gasteiger charge is 2.25. The molecule has 2 aliphatic rings. The number of aromatic nitrogens is 4. The zero-order valence-corrected chi connectivity index (χ0v) is 17.6. The summed E-state index contributed by atoms with van der Waals surface area (Å²) in [5, 5.41) is 12.2. The van der Waals surface area contributed by atoms with Gasteiger partial charge in [-0.1, -0.05) is 0 Å². The van der Waals surface area contributed by atoms with Crippen LogP contribution in [0.15, 0.2) is 12.3 Å². The van der Waals surface area contributed by atoms with Crippen LogP contribution in [0.1, 0.15) is 54.1 Å². The fraction of sp³-hybridized carbons (Fsp3) is 0.667. The van der Waals surface area contributed by atoms with Gasteiger partial charge < -0.3 is 10.1 Å². The van der Waals surface area contributed by atoms with E-state index in [0.29, 0.717) is 18.2 Å². The Hall–Kier alpha value is -2.19. The van der Waals surface area contributed by atoms with Crippen molar-refractivity contribution in [3.05, 3.63) is 34.9 Å². The molecule has 2 aromatic heterocycles. The van der Waals surface area contributed by atoms with Crippen molar-refractivity contribution in [3.63, 3.8) is 0 Å². The van der Waals surface area contributed by atoms with Crippen LogP contribution in [0.25, 0.3) is 0 Å². The number of nitrogens with zero attached hydrogens (tertiary/aromatic N) is 5. The molecule has 0 radical (unpaired) electrons. The molecule has 0 atom stereocenters. The van der Waals surface area contributed by atoms with Crippen molar-refractivity contribution >= 4 is 5.91 Å². The zero-order chi connectivity index (χ0) is 20.2. The molecule has 2 aliphatic heterocycles. The lowest BCUT2D eigenvalue weighted by Crippen LogP contribution is -2.38. The number of ether oxygens (including phenoxy) is 1. The molecule has 0 aromatic carbocycles. The molecule has 29 heavy (non-hydrogen) atoms. The Balaban J connectivity index is 1.26. The van der Waals surface area contributed by atoms with E-state index >= 15 is 0 Å². The van der Waals surface area contributed by atoms with Gasteiger partial charge in [0.1, 0.15) is 5.69 Å². The first-order chi connectivity index (χ1) is 14.2. The van der Waals surface area contributed by atoms with E-state index in [1.54, 1.807) is 10.7 Å². The topological polar surface area (TPSA) is 77.2 Å². The molecule has 0 aliphatic carbocycles. The van der Waals surface area contributed by atoms with Crippen LogP contribution in [-0.2, 0) is 37.4 Å². The normalized spacial score (nSPS) is 18.0. The first kappa shape index (κ1) is 20.1. The number of carbonyl (C=O) groups excluding carboxylic acids is 1. The van der Waals surface area contributed by atoms with Crippen molar-refractivity contribution in [2.24, 2.45) is 5.92 Å². The van der Waals surface area contributed by atoms with Gasteiger partial charge in [0.2, 0.25) is 0 Å². The summed E-state index contributed by atoms with van der Waals surface area (Å²) in [4.78, 5) is 14.8. The number of hydrogen-bond acceptors (Lipinski definition) is 5. The quantitative estimate of drug-likeness (QED) is 0.767. The number of aryl methyl sites for hydroxylation is 2. The summed E-state index contributed by atoms with van der Waals surface area (Å²) < 4.78 is 9.60. The number of piperidine rings is 1. The minimum Gasteiger partial charge on any atom is -0.376 e. The smallest absolute Gasteiger partial charge is 0.271 e. The van der Waals surface area contributed by atoms with E-state index < -0.39 is 0 Å². The second-order valence-electron chi connectivity index (χ2n) is 7.98.